The number of hydrogen-bond donors (Lipinski definition) is 2. The molecule has 0 aliphatic carbocycles. The van der Waals surface area contributed by atoms with E-state index in [4.69, 9.17) is 0 Å². The molecule has 3 nitrogen and oxygen atoms in total. The highest BCUT2D eigenvalue weighted by Gasteiger charge is 2.16. The van der Waals surface area contributed by atoms with Crippen LogP contribution in [0.4, 0.5) is 0 Å². The van der Waals surface area contributed by atoms with Crippen molar-refractivity contribution in [3.63, 3.8) is 0 Å². The summed E-state index contributed by atoms with van der Waals surface area (Å²) in [4.78, 5) is 10.4. The molecular weight excluding hydrogens is 140 g/mol. The summed E-state index contributed by atoms with van der Waals surface area (Å²) in [6.07, 6.45) is 2.10. The molecule has 1 heterocycles. The molecule has 2 N–H and O–H groups in total. The molecule has 1 fully saturated rings. The lowest BCUT2D eigenvalue weighted by Gasteiger charge is -2.25. The molecule has 0 bridgehead atoms. The minimum absolute atomic E-state index is 0.214. The van der Waals surface area contributed by atoms with Gasteiger partial charge in [-0.1, -0.05) is 13.3 Å². The molecule has 1 atom stereocenters. The number of carbonyl (C=O) groups excluding carboxylic acids is 1. The van der Waals surface area contributed by atoms with Crippen LogP contribution in [0.1, 0.15) is 19.8 Å². The highest BCUT2D eigenvalue weighted by Crippen LogP contribution is 2.05. The number of hydrogen-bond acceptors (Lipinski definition) is 3. The van der Waals surface area contributed by atoms with Crippen molar-refractivity contribution in [3.8, 4) is 0 Å². The van der Waals surface area contributed by atoms with Gasteiger partial charge in [0.05, 0.1) is 6.04 Å². The lowest BCUT2D eigenvalue weighted by Crippen LogP contribution is -2.46. The second-order valence-corrected chi connectivity index (χ2v) is 2.74. The quantitative estimate of drug-likeness (QED) is 0.553. The Balaban J connectivity index is 2.52. The summed E-state index contributed by atoms with van der Waals surface area (Å²) in [5.41, 5.74) is 0.693. The van der Waals surface area contributed by atoms with E-state index in [1.165, 1.54) is 0 Å². The Morgan fingerprint density at radius 1 is 1.64 bits per heavy atom. The Morgan fingerprint density at radius 2 is 2.45 bits per heavy atom. The smallest absolute Gasteiger partial charge is 0.147 e. The summed E-state index contributed by atoms with van der Waals surface area (Å²) < 4.78 is 0. The van der Waals surface area contributed by atoms with Crippen LogP contribution in [0.15, 0.2) is 5.70 Å². The number of piperazine rings is 1. The largest absolute Gasteiger partial charge is 0.377 e. The Kier molecular flexibility index (Phi) is 3.14. The van der Waals surface area contributed by atoms with Crippen LogP contribution >= 0.6 is 0 Å². The van der Waals surface area contributed by atoms with Gasteiger partial charge in [-0.15, -0.1) is 0 Å². The van der Waals surface area contributed by atoms with Crippen molar-refractivity contribution < 1.29 is 4.79 Å². The predicted octanol–water partition coefficient (Wildman–Crippen LogP) is 0.0634. The van der Waals surface area contributed by atoms with Crippen molar-refractivity contribution in [2.24, 2.45) is 0 Å². The first-order chi connectivity index (χ1) is 5.38. The minimum Gasteiger partial charge on any atom is -0.377 e. The fraction of sp³-hybridized carbons (Fsp3) is 0.750. The molecule has 0 saturated carbocycles. The van der Waals surface area contributed by atoms with E-state index < -0.39 is 0 Å². The Bertz CT molecular complexity index is 171. The molecule has 1 aliphatic heterocycles. The van der Waals surface area contributed by atoms with Crippen LogP contribution in [0.5, 0.6) is 0 Å². The molecule has 1 rings (SSSR count). The third kappa shape index (κ3) is 2.07. The van der Waals surface area contributed by atoms with Crippen molar-refractivity contribution >= 4 is 5.94 Å². The van der Waals surface area contributed by atoms with Crippen LogP contribution in [0.25, 0.3) is 0 Å². The van der Waals surface area contributed by atoms with Crippen molar-refractivity contribution in [2.75, 3.05) is 13.1 Å². The van der Waals surface area contributed by atoms with Gasteiger partial charge in [-0.2, -0.15) is 0 Å². The molecule has 62 valence electrons. The third-order valence-corrected chi connectivity index (χ3v) is 1.87. The zero-order valence-electron chi connectivity index (χ0n) is 6.81. The van der Waals surface area contributed by atoms with E-state index in [2.05, 4.69) is 17.6 Å². The molecule has 3 heteroatoms. The minimum atomic E-state index is 0.214. The summed E-state index contributed by atoms with van der Waals surface area (Å²) >= 11 is 0. The average Bonchev–Trinajstić information content (AvgIpc) is 2.06. The molecule has 11 heavy (non-hydrogen) atoms. The lowest BCUT2D eigenvalue weighted by molar-refractivity contribution is 0.453. The molecule has 0 aromatic carbocycles. The molecule has 1 unspecified atom stereocenters. The highest BCUT2D eigenvalue weighted by molar-refractivity contribution is 5.53. The van der Waals surface area contributed by atoms with Gasteiger partial charge < -0.3 is 10.6 Å². The first-order valence-electron chi connectivity index (χ1n) is 4.10. The summed E-state index contributed by atoms with van der Waals surface area (Å²) in [6.45, 7) is 3.89. The van der Waals surface area contributed by atoms with Gasteiger partial charge in [-0.3, -0.25) is 0 Å². The molecule has 0 amide bonds. The molecule has 1 saturated heterocycles. The maximum Gasteiger partial charge on any atom is 0.147 e. The van der Waals surface area contributed by atoms with Gasteiger partial charge in [-0.25, -0.2) is 4.79 Å². The van der Waals surface area contributed by atoms with Crippen molar-refractivity contribution in [1.29, 1.82) is 0 Å². The molecule has 0 spiro atoms. The summed E-state index contributed by atoms with van der Waals surface area (Å²) in [5, 5.41) is 6.29. The molecule has 0 aromatic rings. The standard InChI is InChI=1S/C8H14N2O/c1-2-3-7-8(6-11)10-5-4-9-7/h7,9-10H,2-5H2,1H3. The fourth-order valence-electron chi connectivity index (χ4n) is 1.31. The summed E-state index contributed by atoms with van der Waals surface area (Å²) in [5.74, 6) is 1.93. The van der Waals surface area contributed by atoms with Gasteiger partial charge in [0.2, 0.25) is 0 Å². The maximum atomic E-state index is 10.4. The fourth-order valence-corrected chi connectivity index (χ4v) is 1.31. The lowest BCUT2D eigenvalue weighted by atomic mass is 10.1. The van der Waals surface area contributed by atoms with Crippen molar-refractivity contribution in [2.45, 2.75) is 25.8 Å². The van der Waals surface area contributed by atoms with Crippen LogP contribution in [0.2, 0.25) is 0 Å². The Morgan fingerprint density at radius 3 is 3.09 bits per heavy atom. The monoisotopic (exact) mass is 154 g/mol. The topological polar surface area (TPSA) is 41.1 Å². The van der Waals surface area contributed by atoms with Crippen molar-refractivity contribution in [3.05, 3.63) is 5.70 Å². The van der Waals surface area contributed by atoms with Crippen LogP contribution in [0.3, 0.4) is 0 Å². The second-order valence-electron chi connectivity index (χ2n) is 2.74. The van der Waals surface area contributed by atoms with Gasteiger partial charge in [0.1, 0.15) is 11.6 Å². The van der Waals surface area contributed by atoms with Crippen LogP contribution in [-0.2, 0) is 4.79 Å². The van der Waals surface area contributed by atoms with Crippen molar-refractivity contribution in [1.82, 2.24) is 10.6 Å². The van der Waals surface area contributed by atoms with Gasteiger partial charge in [0.25, 0.3) is 0 Å². The highest BCUT2D eigenvalue weighted by atomic mass is 16.1. The number of rotatable bonds is 2. The SMILES string of the molecule is CCCC1NCCNC1=C=O. The Hall–Kier alpha value is -0.790. The van der Waals surface area contributed by atoms with E-state index in [0.717, 1.165) is 25.9 Å². The van der Waals surface area contributed by atoms with Crippen LogP contribution < -0.4 is 10.6 Å². The Labute approximate surface area is 66.9 Å². The van der Waals surface area contributed by atoms with Gasteiger partial charge in [-0.05, 0) is 6.42 Å². The van der Waals surface area contributed by atoms with Gasteiger partial charge in [0.15, 0.2) is 0 Å². The summed E-state index contributed by atoms with van der Waals surface area (Å²) in [7, 11) is 0. The predicted molar refractivity (Wildman–Crippen MR) is 43.9 cm³/mol. The van der Waals surface area contributed by atoms with Gasteiger partial charge >= 0.3 is 0 Å². The van der Waals surface area contributed by atoms with Crippen LogP contribution in [0, 0.1) is 0 Å². The number of nitrogens with one attached hydrogen (secondary N) is 2. The third-order valence-electron chi connectivity index (χ3n) is 1.87. The molecule has 1 aliphatic rings. The first kappa shape index (κ1) is 8.31. The van der Waals surface area contributed by atoms with E-state index in [9.17, 15) is 4.79 Å². The van der Waals surface area contributed by atoms with E-state index >= 15 is 0 Å². The molecule has 0 aromatic heterocycles. The van der Waals surface area contributed by atoms with E-state index in [1.807, 2.05) is 5.94 Å². The second kappa shape index (κ2) is 4.16. The summed E-state index contributed by atoms with van der Waals surface area (Å²) in [6, 6.07) is 0.214. The zero-order chi connectivity index (χ0) is 8.10. The van der Waals surface area contributed by atoms with E-state index in [-0.39, 0.29) is 6.04 Å². The normalized spacial score (nSPS) is 24.1. The van der Waals surface area contributed by atoms with Crippen LogP contribution in [-0.4, -0.2) is 25.1 Å². The molecule has 0 radical (unpaired) electrons. The average molecular weight is 154 g/mol. The maximum absolute atomic E-state index is 10.4. The van der Waals surface area contributed by atoms with Gasteiger partial charge in [0, 0.05) is 13.1 Å². The molecular formula is C8H14N2O. The van der Waals surface area contributed by atoms with E-state index in [1.54, 1.807) is 0 Å². The first-order valence-corrected chi connectivity index (χ1v) is 4.10. The van der Waals surface area contributed by atoms with E-state index in [0.29, 0.717) is 5.70 Å². The zero-order valence-corrected chi connectivity index (χ0v) is 6.81.